The number of rotatable bonds is 12. The van der Waals surface area contributed by atoms with Crippen LogP contribution in [0.25, 0.3) is 22.0 Å². The van der Waals surface area contributed by atoms with Gasteiger partial charge in [0.15, 0.2) is 11.5 Å². The zero-order chi connectivity index (χ0) is 53.5. The summed E-state index contributed by atoms with van der Waals surface area (Å²) in [7, 11) is 3.37. The molecule has 72 heavy (non-hydrogen) atoms. The first kappa shape index (κ1) is 58.4. The average molecular weight is 1100 g/mol. The number of hydrogen-bond donors (Lipinski definition) is 3. The predicted molar refractivity (Wildman–Crippen MR) is 267 cm³/mol. The summed E-state index contributed by atoms with van der Waals surface area (Å²) < 4.78 is 138. The number of nitrogens with one attached hydrogen (secondary N) is 2. The van der Waals surface area contributed by atoms with Gasteiger partial charge in [-0.1, -0.05) is 42.5 Å². The van der Waals surface area contributed by atoms with Gasteiger partial charge >= 0.3 is 12.4 Å². The number of alkyl halides is 8. The third-order valence-electron chi connectivity index (χ3n) is 11.7. The molecule has 0 saturated carbocycles. The van der Waals surface area contributed by atoms with Gasteiger partial charge in [-0.15, -0.1) is 11.8 Å². The van der Waals surface area contributed by atoms with Gasteiger partial charge in [-0.2, -0.15) is 57.9 Å². The van der Waals surface area contributed by atoms with E-state index in [-0.39, 0.29) is 45.1 Å². The van der Waals surface area contributed by atoms with E-state index in [4.69, 9.17) is 16.6 Å². The van der Waals surface area contributed by atoms with Crippen LogP contribution in [0.2, 0.25) is 5.02 Å². The molecule has 0 spiro atoms. The van der Waals surface area contributed by atoms with E-state index < -0.39 is 78.3 Å². The predicted octanol–water partition coefficient (Wildman–Crippen LogP) is 11.8. The van der Waals surface area contributed by atoms with Crippen LogP contribution in [0.15, 0.2) is 42.5 Å². The van der Waals surface area contributed by atoms with Crippen molar-refractivity contribution in [2.24, 2.45) is 5.92 Å². The largest absolute Gasteiger partial charge is 0.435 e. The molecule has 1 saturated heterocycles. The van der Waals surface area contributed by atoms with Gasteiger partial charge in [0.05, 0.1) is 44.3 Å². The van der Waals surface area contributed by atoms with Gasteiger partial charge in [0.25, 0.3) is 5.92 Å². The Labute approximate surface area is 429 Å². The molecule has 1 fully saturated rings. The van der Waals surface area contributed by atoms with Crippen LogP contribution in [0.4, 0.5) is 49.7 Å². The fourth-order valence-corrected chi connectivity index (χ4v) is 9.33. The maximum Gasteiger partial charge on any atom is 0.435 e. The molecular formula is C48H53ClF10N8O2S3. The van der Waals surface area contributed by atoms with Crippen molar-refractivity contribution in [2.45, 2.75) is 106 Å². The summed E-state index contributed by atoms with van der Waals surface area (Å²) in [5.74, 6) is 1.05. The molecule has 24 heteroatoms. The number of nitrogens with zero attached hydrogens (tertiary/aromatic N) is 6. The van der Waals surface area contributed by atoms with E-state index in [0.717, 1.165) is 42.8 Å². The van der Waals surface area contributed by atoms with E-state index in [1.54, 1.807) is 60.7 Å². The number of pyridine rings is 1. The molecule has 4 atom stereocenters. The van der Waals surface area contributed by atoms with Gasteiger partial charge in [0, 0.05) is 48.4 Å². The monoisotopic (exact) mass is 1090 g/mol. The fourth-order valence-electron chi connectivity index (χ4n) is 8.24. The van der Waals surface area contributed by atoms with Crippen LogP contribution in [0.3, 0.4) is 0 Å². The highest BCUT2D eigenvalue weighted by atomic mass is 35.5. The molecule has 3 unspecified atom stereocenters. The third kappa shape index (κ3) is 14.6. The Kier molecular flexibility index (Phi) is 19.7. The van der Waals surface area contributed by atoms with Crippen LogP contribution in [-0.4, -0.2) is 86.6 Å². The SMILES string of the molecule is CNC(Cc1cc(F)cc(F)c1)c1nc(C#CC(C)(C)SC)ccc1-c1ccc(Cl)c2c(N(C)SC)nn(CC(F)(F)F)c12.C[C@H]1CC(F)(F)c2c1c(C(F)(F)F)nn2CC=O.O=CC1CCCNC(S)C1. The lowest BCUT2D eigenvalue weighted by Gasteiger charge is -2.21. The molecule has 4 heterocycles. The Hall–Kier alpha value is -4.47. The molecule has 0 bridgehead atoms. The molecule has 2 aromatic carbocycles. The Morgan fingerprint density at radius 2 is 1.69 bits per heavy atom. The second kappa shape index (κ2) is 24.3. The number of anilines is 1. The maximum atomic E-state index is 14.1. The first-order valence-corrected chi connectivity index (χ1v) is 25.6. The van der Waals surface area contributed by atoms with Gasteiger partial charge in [0.1, 0.15) is 42.1 Å². The van der Waals surface area contributed by atoms with E-state index in [0.29, 0.717) is 38.1 Å². The highest BCUT2D eigenvalue weighted by Crippen LogP contribution is 2.52. The first-order valence-electron chi connectivity index (χ1n) is 22.3. The number of benzene rings is 2. The van der Waals surface area contributed by atoms with E-state index in [1.807, 2.05) is 20.1 Å². The minimum absolute atomic E-state index is 0.136. The third-order valence-corrected chi connectivity index (χ3v) is 14.3. The smallest absolute Gasteiger partial charge is 0.311 e. The zero-order valence-corrected chi connectivity index (χ0v) is 43.4. The molecule has 3 aromatic heterocycles. The molecule has 2 N–H and O–H groups in total. The van der Waals surface area contributed by atoms with E-state index >= 15 is 0 Å². The number of hydrogen-bond acceptors (Lipinski definition) is 11. The number of fused-ring (bicyclic) bond motifs is 2. The Bertz CT molecular complexity index is 2760. The van der Waals surface area contributed by atoms with Crippen molar-refractivity contribution in [1.29, 1.82) is 0 Å². The van der Waals surface area contributed by atoms with Crippen molar-refractivity contribution in [3.05, 3.63) is 93.0 Å². The van der Waals surface area contributed by atoms with Crippen LogP contribution >= 0.6 is 47.9 Å². The number of halogens is 11. The van der Waals surface area contributed by atoms with Crippen molar-refractivity contribution in [3.63, 3.8) is 0 Å². The number of thiol groups is 1. The molecule has 0 amide bonds. The number of carbonyl (C=O) groups excluding carboxylic acids is 2. The quantitative estimate of drug-likeness (QED) is 0.0367. The molecule has 1 aliphatic carbocycles. The van der Waals surface area contributed by atoms with Gasteiger partial charge in [0.2, 0.25) is 0 Å². The number of likely N-dealkylation sites (N-methyl/N-ethyl adjacent to an activating group) is 1. The highest BCUT2D eigenvalue weighted by molar-refractivity contribution is 8.00. The lowest BCUT2D eigenvalue weighted by molar-refractivity contribution is -0.143. The normalized spacial score (nSPS) is 18.1. The summed E-state index contributed by atoms with van der Waals surface area (Å²) in [6, 6.07) is 9.38. The first-order chi connectivity index (χ1) is 33.7. The van der Waals surface area contributed by atoms with Crippen molar-refractivity contribution in [3.8, 4) is 23.0 Å². The molecule has 392 valence electrons. The zero-order valence-electron chi connectivity index (χ0n) is 40.1. The standard InChI is InChI=1S/C31H31ClF5N5S2.C10H9F5N2O.C7H13NOS/c1-30(2,43-5)12-11-21-7-8-22(27(39-21)25(38-3)15-18-13-19(33)16-20(34)14-18)23-9-10-24(32)26-28(23)42(17-31(35,36)37)40-29(26)41(4)44-6;1-5-4-9(11,12)8-6(5)7(10(13,14)15)16-17(8)2-3-18;9-5-6-2-1-3-8-7(10)4-6/h7-10,13-14,16,25,38H,15,17H2,1-6H3;3,5H,2,4H2,1H3;5-8,10H,1-4H2/t;5-;/m.0./s1. The van der Waals surface area contributed by atoms with Crippen LogP contribution in [0.5, 0.6) is 0 Å². The molecule has 0 radical (unpaired) electrons. The fraction of sp³-hybridized carbons (Fsp3) is 0.479. The van der Waals surface area contributed by atoms with Crippen molar-refractivity contribution in [1.82, 2.24) is 35.2 Å². The summed E-state index contributed by atoms with van der Waals surface area (Å²) in [6.45, 7) is 4.29. The minimum Gasteiger partial charge on any atom is -0.311 e. The van der Waals surface area contributed by atoms with Gasteiger partial charge in [-0.25, -0.2) is 13.8 Å². The summed E-state index contributed by atoms with van der Waals surface area (Å²) in [6.07, 6.45) is -1.90. The van der Waals surface area contributed by atoms with E-state index in [2.05, 4.69) is 45.3 Å². The number of aromatic nitrogens is 5. The summed E-state index contributed by atoms with van der Waals surface area (Å²) in [5.41, 5.74) is -0.238. The van der Waals surface area contributed by atoms with Crippen molar-refractivity contribution < 1.29 is 53.5 Å². The second-order valence-corrected chi connectivity index (χ2v) is 20.9. The number of thioether (sulfide) groups is 1. The average Bonchev–Trinajstić information content (AvgIpc) is 3.89. The number of carbonyl (C=O) groups is 2. The van der Waals surface area contributed by atoms with Crippen molar-refractivity contribution >= 4 is 77.2 Å². The lowest BCUT2D eigenvalue weighted by atomic mass is 9.94. The van der Waals surface area contributed by atoms with Crippen molar-refractivity contribution in [2.75, 3.05) is 37.5 Å². The molecular weight excluding hydrogens is 1040 g/mol. The topological polar surface area (TPSA) is 110 Å². The van der Waals surface area contributed by atoms with E-state index in [1.165, 1.54) is 31.0 Å². The van der Waals surface area contributed by atoms with Gasteiger partial charge < -0.3 is 24.5 Å². The van der Waals surface area contributed by atoms with E-state index in [9.17, 15) is 53.5 Å². The van der Waals surface area contributed by atoms with Crippen LogP contribution in [0, 0.1) is 29.4 Å². The lowest BCUT2D eigenvalue weighted by Crippen LogP contribution is -2.23. The Morgan fingerprint density at radius 1 is 1.03 bits per heavy atom. The Morgan fingerprint density at radius 3 is 2.28 bits per heavy atom. The van der Waals surface area contributed by atoms with Crippen LogP contribution in [0.1, 0.15) is 92.3 Å². The van der Waals surface area contributed by atoms with Crippen LogP contribution in [-0.2, 0) is 41.2 Å². The number of aldehydes is 2. The molecule has 1 aliphatic heterocycles. The maximum absolute atomic E-state index is 14.1. The van der Waals surface area contributed by atoms with Gasteiger partial charge in [-0.3, -0.25) is 9.36 Å². The summed E-state index contributed by atoms with van der Waals surface area (Å²) in [4.78, 5) is 25.6. The Balaban J connectivity index is 0.000000278. The molecule has 7 rings (SSSR count). The molecule has 5 aromatic rings. The van der Waals surface area contributed by atoms with Crippen LogP contribution < -0.4 is 14.9 Å². The summed E-state index contributed by atoms with van der Waals surface area (Å²) in [5, 5.41) is 14.7. The molecule has 2 aliphatic rings. The minimum atomic E-state index is -4.80. The highest BCUT2D eigenvalue weighted by Gasteiger charge is 2.53. The second-order valence-electron chi connectivity index (χ2n) is 17.5. The van der Waals surface area contributed by atoms with Gasteiger partial charge in [-0.05, 0) is 107 Å². The molecule has 10 nitrogen and oxygen atoms in total. The summed E-state index contributed by atoms with van der Waals surface area (Å²) >= 11 is 13.7.